The minimum absolute atomic E-state index is 0.0530. The lowest BCUT2D eigenvalue weighted by Gasteiger charge is -2.22. The van der Waals surface area contributed by atoms with Crippen molar-refractivity contribution in [2.45, 2.75) is 31.0 Å². The Kier molecular flexibility index (Phi) is 6.27. The van der Waals surface area contributed by atoms with Crippen molar-refractivity contribution < 1.29 is 21.6 Å². The number of sulfonamides is 1. The minimum Gasteiger partial charge on any atom is -0.361 e. The Morgan fingerprint density at radius 2 is 1.76 bits per heavy atom. The third kappa shape index (κ3) is 5.09. The standard InChI is InChI=1S/C24H22F3N3O2S/c1-17-6-4-8-20(29-17)16-30(13-12-18-15-28-23-11-3-2-10-22(18)23)33(31,32)21-9-5-7-19(14-21)24(25,26)27/h2-11,14-15,28H,12-13,16H2,1H3. The highest BCUT2D eigenvalue weighted by Crippen LogP contribution is 2.31. The Balaban J connectivity index is 1.68. The molecule has 0 aliphatic rings. The Morgan fingerprint density at radius 3 is 2.52 bits per heavy atom. The Hall–Kier alpha value is -3.17. The van der Waals surface area contributed by atoms with Crippen LogP contribution in [0.3, 0.4) is 0 Å². The van der Waals surface area contributed by atoms with Gasteiger partial charge in [-0.05, 0) is 55.3 Å². The second-order valence-corrected chi connectivity index (χ2v) is 9.68. The number of hydrogen-bond donors (Lipinski definition) is 1. The molecule has 5 nitrogen and oxygen atoms in total. The van der Waals surface area contributed by atoms with Gasteiger partial charge in [-0.3, -0.25) is 4.98 Å². The molecule has 33 heavy (non-hydrogen) atoms. The van der Waals surface area contributed by atoms with Gasteiger partial charge in [0.2, 0.25) is 10.0 Å². The summed E-state index contributed by atoms with van der Waals surface area (Å²) in [6.07, 6.45) is -2.43. The van der Waals surface area contributed by atoms with E-state index in [1.165, 1.54) is 10.4 Å². The zero-order valence-electron chi connectivity index (χ0n) is 17.8. The van der Waals surface area contributed by atoms with Crippen molar-refractivity contribution in [3.8, 4) is 0 Å². The average Bonchev–Trinajstić information content (AvgIpc) is 3.19. The van der Waals surface area contributed by atoms with E-state index >= 15 is 0 Å². The van der Waals surface area contributed by atoms with Gasteiger partial charge < -0.3 is 4.98 Å². The van der Waals surface area contributed by atoms with Crippen molar-refractivity contribution in [1.29, 1.82) is 0 Å². The van der Waals surface area contributed by atoms with Gasteiger partial charge in [0, 0.05) is 29.3 Å². The number of para-hydroxylation sites is 1. The predicted octanol–water partition coefficient (Wildman–Crippen LogP) is 5.32. The Bertz CT molecular complexity index is 1380. The predicted molar refractivity (Wildman–Crippen MR) is 120 cm³/mol. The lowest BCUT2D eigenvalue weighted by Crippen LogP contribution is -2.33. The van der Waals surface area contributed by atoms with Gasteiger partial charge >= 0.3 is 6.18 Å². The molecule has 2 aromatic heterocycles. The molecule has 0 bridgehead atoms. The van der Waals surface area contributed by atoms with Crippen LogP contribution in [-0.4, -0.2) is 29.2 Å². The summed E-state index contributed by atoms with van der Waals surface area (Å²) in [7, 11) is -4.22. The SMILES string of the molecule is Cc1cccc(CN(CCc2c[nH]c3ccccc23)S(=O)(=O)c2cccc(C(F)(F)F)c2)n1. The fourth-order valence-corrected chi connectivity index (χ4v) is 5.18. The first-order valence-corrected chi connectivity index (χ1v) is 11.7. The van der Waals surface area contributed by atoms with Crippen molar-refractivity contribution in [3.63, 3.8) is 0 Å². The summed E-state index contributed by atoms with van der Waals surface area (Å²) >= 11 is 0. The quantitative estimate of drug-likeness (QED) is 0.395. The summed E-state index contributed by atoms with van der Waals surface area (Å²) in [5.41, 5.74) is 2.09. The van der Waals surface area contributed by atoms with Crippen molar-refractivity contribution >= 4 is 20.9 Å². The van der Waals surface area contributed by atoms with Crippen molar-refractivity contribution in [2.24, 2.45) is 0 Å². The number of alkyl halides is 3. The summed E-state index contributed by atoms with van der Waals surface area (Å²) in [5, 5.41) is 0.975. The van der Waals surface area contributed by atoms with E-state index in [2.05, 4.69) is 9.97 Å². The number of H-pyrrole nitrogens is 1. The van der Waals surface area contributed by atoms with E-state index in [0.29, 0.717) is 18.2 Å². The monoisotopic (exact) mass is 473 g/mol. The molecule has 0 amide bonds. The van der Waals surface area contributed by atoms with Gasteiger partial charge in [0.15, 0.2) is 0 Å². The molecule has 0 saturated carbocycles. The fourth-order valence-electron chi connectivity index (χ4n) is 3.72. The summed E-state index contributed by atoms with van der Waals surface area (Å²) in [5.74, 6) is 0. The van der Waals surface area contributed by atoms with Crippen LogP contribution in [0.4, 0.5) is 13.2 Å². The van der Waals surface area contributed by atoms with E-state index in [0.717, 1.165) is 34.3 Å². The largest absolute Gasteiger partial charge is 0.416 e. The van der Waals surface area contributed by atoms with Crippen molar-refractivity contribution in [2.75, 3.05) is 6.54 Å². The van der Waals surface area contributed by atoms with Gasteiger partial charge in [0.25, 0.3) is 0 Å². The third-order valence-corrected chi connectivity index (χ3v) is 7.23. The molecular weight excluding hydrogens is 451 g/mol. The van der Waals surface area contributed by atoms with Crippen LogP contribution in [0.1, 0.15) is 22.5 Å². The molecule has 1 N–H and O–H groups in total. The molecule has 0 fully saturated rings. The number of nitrogens with zero attached hydrogens (tertiary/aromatic N) is 2. The maximum atomic E-state index is 13.4. The highest BCUT2D eigenvalue weighted by atomic mass is 32.2. The van der Waals surface area contributed by atoms with Crippen LogP contribution in [0.2, 0.25) is 0 Å². The average molecular weight is 474 g/mol. The first-order chi connectivity index (χ1) is 15.6. The molecule has 0 saturated heterocycles. The van der Waals surface area contributed by atoms with E-state index in [1.807, 2.05) is 30.5 Å². The maximum Gasteiger partial charge on any atom is 0.416 e. The second kappa shape index (κ2) is 8.99. The molecule has 9 heteroatoms. The molecule has 2 heterocycles. The van der Waals surface area contributed by atoms with Crippen LogP contribution >= 0.6 is 0 Å². The van der Waals surface area contributed by atoms with E-state index in [-0.39, 0.29) is 13.1 Å². The Morgan fingerprint density at radius 1 is 1.00 bits per heavy atom. The molecule has 4 aromatic rings. The highest BCUT2D eigenvalue weighted by Gasteiger charge is 2.33. The van der Waals surface area contributed by atoms with E-state index in [9.17, 15) is 21.6 Å². The first kappa shape index (κ1) is 23.0. The summed E-state index contributed by atoms with van der Waals surface area (Å²) < 4.78 is 67.7. The summed E-state index contributed by atoms with van der Waals surface area (Å²) in [6, 6.07) is 16.8. The minimum atomic E-state index is -4.64. The van der Waals surface area contributed by atoms with E-state index in [1.54, 1.807) is 25.1 Å². The number of nitrogens with one attached hydrogen (secondary N) is 1. The molecule has 0 radical (unpaired) electrons. The third-order valence-electron chi connectivity index (χ3n) is 5.39. The molecular formula is C24H22F3N3O2S. The number of hydrogen-bond acceptors (Lipinski definition) is 3. The molecule has 2 aromatic carbocycles. The van der Waals surface area contributed by atoms with Gasteiger partial charge in [0.05, 0.1) is 22.7 Å². The molecule has 0 atom stereocenters. The number of fused-ring (bicyclic) bond motifs is 1. The van der Waals surface area contributed by atoms with Crippen LogP contribution in [0, 0.1) is 6.92 Å². The number of aromatic amines is 1. The van der Waals surface area contributed by atoms with Gasteiger partial charge in [0.1, 0.15) is 0 Å². The van der Waals surface area contributed by atoms with Crippen LogP contribution in [-0.2, 0) is 29.2 Å². The zero-order chi connectivity index (χ0) is 23.6. The normalized spacial score (nSPS) is 12.5. The Labute approximate surface area is 189 Å². The van der Waals surface area contributed by atoms with Crippen LogP contribution < -0.4 is 0 Å². The molecule has 0 spiro atoms. The van der Waals surface area contributed by atoms with E-state index in [4.69, 9.17) is 0 Å². The molecule has 0 unspecified atom stereocenters. The number of rotatable bonds is 7. The number of benzene rings is 2. The number of pyridine rings is 1. The molecule has 0 aliphatic carbocycles. The lowest BCUT2D eigenvalue weighted by atomic mass is 10.1. The zero-order valence-corrected chi connectivity index (χ0v) is 18.6. The molecule has 4 rings (SSSR count). The first-order valence-electron chi connectivity index (χ1n) is 10.3. The highest BCUT2D eigenvalue weighted by molar-refractivity contribution is 7.89. The smallest absolute Gasteiger partial charge is 0.361 e. The number of aromatic nitrogens is 2. The summed E-state index contributed by atoms with van der Waals surface area (Å²) in [4.78, 5) is 7.14. The summed E-state index contributed by atoms with van der Waals surface area (Å²) in [6.45, 7) is 1.82. The van der Waals surface area contributed by atoms with Crippen LogP contribution in [0.25, 0.3) is 10.9 Å². The van der Waals surface area contributed by atoms with Gasteiger partial charge in [-0.25, -0.2) is 8.42 Å². The molecule has 0 aliphatic heterocycles. The van der Waals surface area contributed by atoms with Crippen LogP contribution in [0.15, 0.2) is 77.8 Å². The van der Waals surface area contributed by atoms with Crippen molar-refractivity contribution in [3.05, 3.63) is 95.4 Å². The van der Waals surface area contributed by atoms with Gasteiger partial charge in [-0.15, -0.1) is 0 Å². The van der Waals surface area contributed by atoms with Crippen LogP contribution in [0.5, 0.6) is 0 Å². The number of aryl methyl sites for hydroxylation is 1. The van der Waals surface area contributed by atoms with E-state index < -0.39 is 26.7 Å². The number of halogens is 3. The maximum absolute atomic E-state index is 13.4. The van der Waals surface area contributed by atoms with Crippen molar-refractivity contribution in [1.82, 2.24) is 14.3 Å². The van der Waals surface area contributed by atoms with Gasteiger partial charge in [-0.2, -0.15) is 17.5 Å². The fraction of sp³-hybridized carbons (Fsp3) is 0.208. The second-order valence-electron chi connectivity index (χ2n) is 7.74. The molecule has 172 valence electrons. The topological polar surface area (TPSA) is 66.1 Å². The van der Waals surface area contributed by atoms with Gasteiger partial charge in [-0.1, -0.05) is 30.3 Å². The lowest BCUT2D eigenvalue weighted by molar-refractivity contribution is -0.137.